The Morgan fingerprint density at radius 2 is 1.84 bits per heavy atom. The van der Waals surface area contributed by atoms with Crippen LogP contribution >= 0.6 is 0 Å². The molecule has 0 aliphatic carbocycles. The third kappa shape index (κ3) is 6.29. The lowest BCUT2D eigenvalue weighted by Crippen LogP contribution is -2.58. The number of hydrogen-bond acceptors (Lipinski definition) is 4. The van der Waals surface area contributed by atoms with E-state index in [1.807, 2.05) is 40.1 Å². The van der Waals surface area contributed by atoms with Crippen molar-refractivity contribution in [2.75, 3.05) is 37.7 Å². The number of carbonyl (C=O) groups excluding carboxylic acids is 3. The molecular formula is C24H35N3O4. The van der Waals surface area contributed by atoms with Crippen LogP contribution in [0.4, 0.5) is 5.69 Å². The van der Waals surface area contributed by atoms with Crippen molar-refractivity contribution in [3.05, 3.63) is 30.3 Å². The highest BCUT2D eigenvalue weighted by molar-refractivity contribution is 5.95. The molecule has 1 aromatic rings. The topological polar surface area (TPSA) is 79.0 Å². The van der Waals surface area contributed by atoms with Crippen LogP contribution < -0.4 is 10.2 Å². The summed E-state index contributed by atoms with van der Waals surface area (Å²) in [6.07, 6.45) is 5.05. The number of nitrogens with one attached hydrogen (secondary N) is 1. The Labute approximate surface area is 185 Å². The Bertz CT molecular complexity index is 761. The Hall–Kier alpha value is -2.41. The normalized spacial score (nSPS) is 22.5. The molecule has 0 spiro atoms. The number of amides is 3. The van der Waals surface area contributed by atoms with E-state index in [2.05, 4.69) is 12.2 Å². The molecule has 1 aromatic carbocycles. The van der Waals surface area contributed by atoms with Gasteiger partial charge < -0.3 is 19.9 Å². The van der Waals surface area contributed by atoms with Crippen LogP contribution in [0.5, 0.6) is 0 Å². The van der Waals surface area contributed by atoms with Crippen LogP contribution in [0, 0.1) is 5.92 Å². The Kier molecular flexibility index (Phi) is 8.07. The maximum absolute atomic E-state index is 12.6. The van der Waals surface area contributed by atoms with E-state index in [0.29, 0.717) is 25.4 Å². The molecule has 2 saturated heterocycles. The van der Waals surface area contributed by atoms with Crippen LogP contribution in [0.25, 0.3) is 0 Å². The number of para-hydroxylation sites is 1. The molecule has 7 heteroatoms. The largest absolute Gasteiger partial charge is 0.363 e. The second kappa shape index (κ2) is 10.8. The number of piperidine rings is 1. The van der Waals surface area contributed by atoms with E-state index in [4.69, 9.17) is 4.74 Å². The average molecular weight is 430 g/mol. The number of likely N-dealkylation sites (tertiary alicyclic amines) is 1. The van der Waals surface area contributed by atoms with Gasteiger partial charge in [-0.2, -0.15) is 0 Å². The SMILES string of the molecule is CC(=O)NCCCCCC(=O)N1CCC([C@]2(C)CN(c3ccccc3)C(=O)CO2)CC1. The van der Waals surface area contributed by atoms with Gasteiger partial charge in [0, 0.05) is 38.7 Å². The number of anilines is 1. The number of ether oxygens (including phenoxy) is 1. The smallest absolute Gasteiger partial charge is 0.253 e. The zero-order chi connectivity index (χ0) is 22.3. The van der Waals surface area contributed by atoms with Crippen LogP contribution in [0.3, 0.4) is 0 Å². The van der Waals surface area contributed by atoms with Gasteiger partial charge in [0.15, 0.2) is 0 Å². The van der Waals surface area contributed by atoms with Crippen molar-refractivity contribution in [3.63, 3.8) is 0 Å². The third-order valence-corrected chi connectivity index (χ3v) is 6.52. The molecule has 3 rings (SSSR count). The van der Waals surface area contributed by atoms with E-state index in [-0.39, 0.29) is 24.3 Å². The second-order valence-corrected chi connectivity index (χ2v) is 8.87. The van der Waals surface area contributed by atoms with Crippen LogP contribution in [0.2, 0.25) is 0 Å². The highest BCUT2D eigenvalue weighted by Gasteiger charge is 2.44. The molecule has 0 saturated carbocycles. The van der Waals surface area contributed by atoms with E-state index >= 15 is 0 Å². The minimum atomic E-state index is -0.400. The highest BCUT2D eigenvalue weighted by Crippen LogP contribution is 2.35. The lowest BCUT2D eigenvalue weighted by Gasteiger charge is -2.47. The van der Waals surface area contributed by atoms with Crippen molar-refractivity contribution in [1.29, 1.82) is 0 Å². The van der Waals surface area contributed by atoms with Crippen LogP contribution in [-0.4, -0.2) is 61.0 Å². The van der Waals surface area contributed by atoms with Crippen LogP contribution in [-0.2, 0) is 19.1 Å². The minimum Gasteiger partial charge on any atom is -0.363 e. The van der Waals surface area contributed by atoms with Gasteiger partial charge in [-0.05, 0) is 50.7 Å². The Balaban J connectivity index is 1.45. The summed E-state index contributed by atoms with van der Waals surface area (Å²) in [5, 5.41) is 2.78. The molecule has 170 valence electrons. The predicted octanol–water partition coefficient (Wildman–Crippen LogP) is 2.74. The van der Waals surface area contributed by atoms with Crippen molar-refractivity contribution in [2.45, 2.75) is 58.0 Å². The predicted molar refractivity (Wildman–Crippen MR) is 120 cm³/mol. The third-order valence-electron chi connectivity index (χ3n) is 6.52. The molecule has 2 aliphatic heterocycles. The summed E-state index contributed by atoms with van der Waals surface area (Å²) < 4.78 is 6.06. The van der Waals surface area contributed by atoms with Crippen LogP contribution in [0.1, 0.15) is 52.4 Å². The molecule has 2 fully saturated rings. The first-order valence-electron chi connectivity index (χ1n) is 11.4. The lowest BCUT2D eigenvalue weighted by molar-refractivity contribution is -0.148. The molecule has 1 N–H and O–H groups in total. The molecule has 1 atom stereocenters. The van der Waals surface area contributed by atoms with Gasteiger partial charge in [-0.15, -0.1) is 0 Å². The molecule has 7 nitrogen and oxygen atoms in total. The number of carbonyl (C=O) groups is 3. The number of unbranched alkanes of at least 4 members (excludes halogenated alkanes) is 2. The summed E-state index contributed by atoms with van der Waals surface area (Å²) in [5.41, 5.74) is 0.510. The summed E-state index contributed by atoms with van der Waals surface area (Å²) >= 11 is 0. The molecule has 3 amide bonds. The molecule has 2 aliphatic rings. The number of hydrogen-bond donors (Lipinski definition) is 1. The monoisotopic (exact) mass is 429 g/mol. The van der Waals surface area contributed by atoms with Gasteiger partial charge in [-0.25, -0.2) is 0 Å². The summed E-state index contributed by atoms with van der Waals surface area (Å²) in [6, 6.07) is 9.75. The van der Waals surface area contributed by atoms with Crippen molar-refractivity contribution >= 4 is 23.4 Å². The zero-order valence-corrected chi connectivity index (χ0v) is 18.8. The van der Waals surface area contributed by atoms with Gasteiger partial charge in [0.25, 0.3) is 5.91 Å². The molecule has 31 heavy (non-hydrogen) atoms. The van der Waals surface area contributed by atoms with Crippen LogP contribution in [0.15, 0.2) is 30.3 Å². The van der Waals surface area contributed by atoms with Crippen molar-refractivity contribution in [3.8, 4) is 0 Å². The molecule has 0 bridgehead atoms. The number of rotatable bonds is 8. The first-order valence-corrected chi connectivity index (χ1v) is 11.4. The van der Waals surface area contributed by atoms with Crippen molar-refractivity contribution < 1.29 is 19.1 Å². The first-order chi connectivity index (χ1) is 14.9. The van der Waals surface area contributed by atoms with E-state index in [1.165, 1.54) is 6.92 Å². The number of nitrogens with zero attached hydrogens (tertiary/aromatic N) is 2. The van der Waals surface area contributed by atoms with E-state index in [0.717, 1.165) is 50.9 Å². The maximum Gasteiger partial charge on any atom is 0.253 e. The zero-order valence-electron chi connectivity index (χ0n) is 18.8. The summed E-state index contributed by atoms with van der Waals surface area (Å²) in [4.78, 5) is 39.7. The molecular weight excluding hydrogens is 394 g/mol. The van der Waals surface area contributed by atoms with E-state index in [9.17, 15) is 14.4 Å². The van der Waals surface area contributed by atoms with Gasteiger partial charge in [0.1, 0.15) is 6.61 Å². The fourth-order valence-corrected chi connectivity index (χ4v) is 4.58. The number of morpholine rings is 1. The second-order valence-electron chi connectivity index (χ2n) is 8.87. The molecule has 2 heterocycles. The Morgan fingerprint density at radius 1 is 1.13 bits per heavy atom. The Morgan fingerprint density at radius 3 is 2.52 bits per heavy atom. The summed E-state index contributed by atoms with van der Waals surface area (Å²) in [6.45, 7) is 6.43. The average Bonchev–Trinajstić information content (AvgIpc) is 2.78. The van der Waals surface area contributed by atoms with Gasteiger partial charge in [-0.3, -0.25) is 14.4 Å². The summed E-state index contributed by atoms with van der Waals surface area (Å²) in [7, 11) is 0. The standard InChI is InChI=1S/C24H35N3O4/c1-19(28)25-14-8-4-7-11-22(29)26-15-12-20(13-16-26)24(2)18-27(23(30)17-31-24)21-9-5-3-6-10-21/h3,5-6,9-10,20H,4,7-8,11-18H2,1-2H3,(H,25,28)/t24-/m0/s1. The fraction of sp³-hybridized carbons (Fsp3) is 0.625. The molecule has 0 radical (unpaired) electrons. The van der Waals surface area contributed by atoms with Crippen molar-refractivity contribution in [1.82, 2.24) is 10.2 Å². The van der Waals surface area contributed by atoms with Gasteiger partial charge in [0.05, 0.1) is 12.1 Å². The van der Waals surface area contributed by atoms with E-state index < -0.39 is 5.60 Å². The van der Waals surface area contributed by atoms with Gasteiger partial charge >= 0.3 is 0 Å². The fourth-order valence-electron chi connectivity index (χ4n) is 4.58. The van der Waals surface area contributed by atoms with Crippen molar-refractivity contribution in [2.24, 2.45) is 5.92 Å². The minimum absolute atomic E-state index is 0.00482. The van der Waals surface area contributed by atoms with Gasteiger partial charge in [0.2, 0.25) is 11.8 Å². The molecule has 0 unspecified atom stereocenters. The molecule has 0 aromatic heterocycles. The quantitative estimate of drug-likeness (QED) is 0.645. The summed E-state index contributed by atoms with van der Waals surface area (Å²) in [5.74, 6) is 0.517. The first kappa shape index (κ1) is 23.3. The van der Waals surface area contributed by atoms with Gasteiger partial charge in [-0.1, -0.05) is 24.6 Å². The number of benzene rings is 1. The van der Waals surface area contributed by atoms with E-state index in [1.54, 1.807) is 0 Å². The lowest BCUT2D eigenvalue weighted by atomic mass is 9.80. The highest BCUT2D eigenvalue weighted by atomic mass is 16.5. The maximum atomic E-state index is 12.6.